The molecule has 1 aromatic rings. The largest absolute Gasteiger partial charge is 0.385 e. The van der Waals surface area contributed by atoms with E-state index in [0.29, 0.717) is 0 Å². The van der Waals surface area contributed by atoms with Crippen molar-refractivity contribution in [3.8, 4) is 0 Å². The molecule has 0 fully saturated rings. The van der Waals surface area contributed by atoms with Gasteiger partial charge in [-0.2, -0.15) is 4.39 Å². The van der Waals surface area contributed by atoms with Crippen molar-refractivity contribution in [1.29, 1.82) is 0 Å². The number of nitrogens with one attached hydrogen (secondary N) is 1. The number of rotatable bonds is 4. The molecule has 1 aromatic heterocycles. The van der Waals surface area contributed by atoms with Crippen molar-refractivity contribution in [2.45, 2.75) is 12.5 Å². The third-order valence-electron chi connectivity index (χ3n) is 1.75. The number of carbonyl (C=O) groups excluding carboxylic acids is 1. The lowest BCUT2D eigenvalue weighted by atomic mass is 10.2. The zero-order chi connectivity index (χ0) is 12.1. The Morgan fingerprint density at radius 3 is 2.69 bits per heavy atom. The maximum absolute atomic E-state index is 12.4. The highest BCUT2D eigenvalue weighted by molar-refractivity contribution is 5.93. The number of amides is 1. The summed E-state index contributed by atoms with van der Waals surface area (Å²) in [4.78, 5) is 14.5. The molecule has 1 rings (SSSR count). The highest BCUT2D eigenvalue weighted by Crippen LogP contribution is 2.01. The lowest BCUT2D eigenvalue weighted by Gasteiger charge is -2.10. The van der Waals surface area contributed by atoms with E-state index in [-0.39, 0.29) is 5.56 Å². The first kappa shape index (κ1) is 12.4. The van der Waals surface area contributed by atoms with Gasteiger partial charge < -0.3 is 10.4 Å². The lowest BCUT2D eigenvalue weighted by molar-refractivity contribution is -0.00270. The average Bonchev–Trinajstić information content (AvgIpc) is 2.26. The van der Waals surface area contributed by atoms with Crippen LogP contribution in [0.3, 0.4) is 0 Å². The molecule has 7 heteroatoms. The third kappa shape index (κ3) is 3.50. The smallest absolute Gasteiger partial charge is 0.265 e. The molecular weight excluding hydrogens is 225 g/mol. The summed E-state index contributed by atoms with van der Waals surface area (Å²) in [6.45, 7) is -0.576. The van der Waals surface area contributed by atoms with E-state index in [9.17, 15) is 18.0 Å². The zero-order valence-electron chi connectivity index (χ0n) is 8.03. The maximum Gasteiger partial charge on any atom is 0.265 e. The van der Waals surface area contributed by atoms with Crippen molar-refractivity contribution in [3.05, 3.63) is 29.8 Å². The first-order chi connectivity index (χ1) is 7.50. The first-order valence-electron chi connectivity index (χ1n) is 4.36. The van der Waals surface area contributed by atoms with E-state index in [1.54, 1.807) is 0 Å². The van der Waals surface area contributed by atoms with Gasteiger partial charge in [-0.05, 0) is 12.1 Å². The number of aromatic nitrogens is 1. The average molecular weight is 234 g/mol. The summed E-state index contributed by atoms with van der Waals surface area (Å²) >= 11 is 0. The molecule has 0 aliphatic rings. The van der Waals surface area contributed by atoms with Crippen LogP contribution in [0.25, 0.3) is 0 Å². The van der Waals surface area contributed by atoms with Gasteiger partial charge in [0.25, 0.3) is 12.3 Å². The summed E-state index contributed by atoms with van der Waals surface area (Å²) in [5.41, 5.74) is 0.0304. The Morgan fingerprint density at radius 2 is 2.19 bits per heavy atom. The Kier molecular flexibility index (Phi) is 4.24. The minimum absolute atomic E-state index is 0.0304. The molecule has 4 nitrogen and oxygen atoms in total. The van der Waals surface area contributed by atoms with Crippen LogP contribution in [0.2, 0.25) is 0 Å². The third-order valence-corrected chi connectivity index (χ3v) is 1.75. The van der Waals surface area contributed by atoms with Gasteiger partial charge >= 0.3 is 0 Å². The fourth-order valence-corrected chi connectivity index (χ4v) is 0.899. The number of aliphatic hydroxyl groups is 1. The Balaban J connectivity index is 2.50. The Bertz CT molecular complexity index is 356. The van der Waals surface area contributed by atoms with E-state index in [0.717, 1.165) is 18.3 Å². The molecule has 1 amide bonds. The van der Waals surface area contributed by atoms with Gasteiger partial charge in [-0.1, -0.05) is 0 Å². The molecule has 0 aliphatic heterocycles. The van der Waals surface area contributed by atoms with E-state index in [1.165, 1.54) is 0 Å². The van der Waals surface area contributed by atoms with E-state index in [4.69, 9.17) is 5.11 Å². The molecule has 1 unspecified atom stereocenters. The van der Waals surface area contributed by atoms with Gasteiger partial charge in [-0.3, -0.25) is 4.79 Å². The van der Waals surface area contributed by atoms with Crippen molar-refractivity contribution in [2.24, 2.45) is 0 Å². The molecule has 0 radical (unpaired) electrons. The van der Waals surface area contributed by atoms with E-state index < -0.39 is 30.9 Å². The topological polar surface area (TPSA) is 62.2 Å². The molecule has 88 valence electrons. The van der Waals surface area contributed by atoms with Crippen LogP contribution in [-0.2, 0) is 0 Å². The predicted molar refractivity (Wildman–Crippen MR) is 48.5 cm³/mol. The summed E-state index contributed by atoms with van der Waals surface area (Å²) in [5.74, 6) is -1.45. The second kappa shape index (κ2) is 5.45. The van der Waals surface area contributed by atoms with Crippen molar-refractivity contribution < 1.29 is 23.1 Å². The summed E-state index contributed by atoms with van der Waals surface area (Å²) < 4.78 is 36.1. The number of pyridine rings is 1. The second-order valence-electron chi connectivity index (χ2n) is 2.98. The Morgan fingerprint density at radius 1 is 1.50 bits per heavy atom. The van der Waals surface area contributed by atoms with E-state index >= 15 is 0 Å². The van der Waals surface area contributed by atoms with Crippen LogP contribution in [0.1, 0.15) is 10.4 Å². The van der Waals surface area contributed by atoms with Gasteiger partial charge in [0.15, 0.2) is 0 Å². The van der Waals surface area contributed by atoms with Gasteiger partial charge in [0, 0.05) is 12.7 Å². The van der Waals surface area contributed by atoms with Gasteiger partial charge in [-0.15, -0.1) is 0 Å². The molecule has 0 saturated heterocycles. The van der Waals surface area contributed by atoms with Crippen molar-refractivity contribution in [1.82, 2.24) is 10.3 Å². The number of aliphatic hydroxyl groups excluding tert-OH is 1. The number of hydrogen-bond acceptors (Lipinski definition) is 3. The number of halogens is 3. The summed E-state index contributed by atoms with van der Waals surface area (Å²) in [6.07, 6.45) is -3.87. The summed E-state index contributed by atoms with van der Waals surface area (Å²) in [5, 5.41) is 10.8. The first-order valence-corrected chi connectivity index (χ1v) is 4.36. The van der Waals surface area contributed by atoms with Crippen molar-refractivity contribution in [2.75, 3.05) is 6.54 Å². The van der Waals surface area contributed by atoms with E-state index in [2.05, 4.69) is 10.3 Å². The second-order valence-corrected chi connectivity index (χ2v) is 2.98. The van der Waals surface area contributed by atoms with Crippen LogP contribution in [0, 0.1) is 5.95 Å². The van der Waals surface area contributed by atoms with Gasteiger partial charge in [0.05, 0.1) is 5.56 Å². The molecular formula is C9H9F3N2O2. The van der Waals surface area contributed by atoms with Gasteiger partial charge in [0.2, 0.25) is 5.95 Å². The quantitative estimate of drug-likeness (QED) is 0.749. The van der Waals surface area contributed by atoms with Crippen molar-refractivity contribution >= 4 is 5.91 Å². The number of nitrogens with zero attached hydrogens (tertiary/aromatic N) is 1. The SMILES string of the molecule is O=C(NCC(O)C(F)F)c1ccc(F)nc1. The fraction of sp³-hybridized carbons (Fsp3) is 0.333. The molecule has 2 N–H and O–H groups in total. The normalized spacial score (nSPS) is 12.6. The minimum atomic E-state index is -2.92. The number of hydrogen-bond donors (Lipinski definition) is 2. The van der Waals surface area contributed by atoms with Gasteiger partial charge in [0.1, 0.15) is 6.10 Å². The molecule has 0 saturated carbocycles. The Hall–Kier alpha value is -1.63. The van der Waals surface area contributed by atoms with Crippen LogP contribution in [0.4, 0.5) is 13.2 Å². The molecule has 1 atom stereocenters. The summed E-state index contributed by atoms with van der Waals surface area (Å²) in [7, 11) is 0. The fourth-order valence-electron chi connectivity index (χ4n) is 0.899. The van der Waals surface area contributed by atoms with Crippen LogP contribution >= 0.6 is 0 Å². The maximum atomic E-state index is 12.4. The molecule has 0 aromatic carbocycles. The van der Waals surface area contributed by atoms with E-state index in [1.807, 2.05) is 0 Å². The number of carbonyl (C=O) groups is 1. The lowest BCUT2D eigenvalue weighted by Crippen LogP contribution is -2.35. The zero-order valence-corrected chi connectivity index (χ0v) is 8.03. The summed E-state index contributed by atoms with van der Waals surface area (Å²) in [6, 6.07) is 2.13. The Labute approximate surface area is 89.1 Å². The van der Waals surface area contributed by atoms with Crippen LogP contribution in [0.5, 0.6) is 0 Å². The predicted octanol–water partition coefficient (Wildman–Crippen LogP) is 0.577. The van der Waals surface area contributed by atoms with Gasteiger partial charge in [-0.25, -0.2) is 13.8 Å². The molecule has 16 heavy (non-hydrogen) atoms. The molecule has 0 spiro atoms. The number of alkyl halides is 2. The highest BCUT2D eigenvalue weighted by atomic mass is 19.3. The minimum Gasteiger partial charge on any atom is -0.385 e. The van der Waals surface area contributed by atoms with Crippen LogP contribution in [0.15, 0.2) is 18.3 Å². The van der Waals surface area contributed by atoms with Crippen LogP contribution in [-0.4, -0.2) is 35.1 Å². The van der Waals surface area contributed by atoms with Crippen LogP contribution < -0.4 is 5.32 Å². The monoisotopic (exact) mass is 234 g/mol. The molecule has 0 bridgehead atoms. The molecule has 1 heterocycles. The standard InChI is InChI=1S/C9H9F3N2O2/c10-7-2-1-5(3-13-7)9(16)14-4-6(15)8(11)12/h1-3,6,8,15H,4H2,(H,14,16). The van der Waals surface area contributed by atoms with Crippen molar-refractivity contribution in [3.63, 3.8) is 0 Å². The molecule has 0 aliphatic carbocycles. The highest BCUT2D eigenvalue weighted by Gasteiger charge is 2.17.